The fourth-order valence-corrected chi connectivity index (χ4v) is 3.32. The second-order valence-corrected chi connectivity index (χ2v) is 6.64. The fraction of sp³-hybridized carbons (Fsp3) is 0.562. The predicted octanol–water partition coefficient (Wildman–Crippen LogP) is 2.08. The Morgan fingerprint density at radius 3 is 3.08 bits per heavy atom. The fourth-order valence-electron chi connectivity index (χ4n) is 2.71. The third-order valence-corrected chi connectivity index (χ3v) is 4.71. The molecular weight excluding hydrogens is 451 g/mol. The Balaban J connectivity index is 0.00000225. The minimum absolute atomic E-state index is 0. The standard InChI is InChI=1S/C16H24N6OS.HI/c1-3-17-16(19-5-4-15-18-6-9-24-15)22-7-8-23-14(12-22)13-10-20-21(2)11-13;/h6,9-11,14H,3-5,7-8,12H2,1-2H3,(H,17,19);1H. The molecule has 0 radical (unpaired) electrons. The van der Waals surface area contributed by atoms with Crippen LogP contribution in [0.1, 0.15) is 23.6 Å². The lowest BCUT2D eigenvalue weighted by atomic mass is 10.1. The van der Waals surface area contributed by atoms with Gasteiger partial charge in [0.25, 0.3) is 0 Å². The molecule has 0 saturated carbocycles. The molecule has 3 rings (SSSR count). The van der Waals surface area contributed by atoms with Gasteiger partial charge in [0, 0.05) is 56.4 Å². The smallest absolute Gasteiger partial charge is 0.194 e. The highest BCUT2D eigenvalue weighted by Crippen LogP contribution is 2.21. The van der Waals surface area contributed by atoms with Crippen LogP contribution in [0.15, 0.2) is 29.0 Å². The first-order chi connectivity index (χ1) is 11.8. The van der Waals surface area contributed by atoms with Gasteiger partial charge in [0.05, 0.1) is 24.4 Å². The maximum atomic E-state index is 5.91. The minimum Gasteiger partial charge on any atom is -0.370 e. The number of nitrogens with one attached hydrogen (secondary N) is 1. The molecule has 3 heterocycles. The molecule has 1 fully saturated rings. The van der Waals surface area contributed by atoms with E-state index in [1.165, 1.54) is 0 Å². The number of thiazole rings is 1. The highest BCUT2D eigenvalue weighted by molar-refractivity contribution is 14.0. The first-order valence-electron chi connectivity index (χ1n) is 8.28. The highest BCUT2D eigenvalue weighted by atomic mass is 127. The van der Waals surface area contributed by atoms with Crippen LogP contribution in [0.5, 0.6) is 0 Å². The molecule has 2 aromatic rings. The maximum absolute atomic E-state index is 5.91. The van der Waals surface area contributed by atoms with Crippen LogP contribution in [0, 0.1) is 0 Å². The first-order valence-corrected chi connectivity index (χ1v) is 9.16. The number of aromatic nitrogens is 3. The van der Waals surface area contributed by atoms with Gasteiger partial charge < -0.3 is 15.0 Å². The molecule has 1 atom stereocenters. The molecule has 0 aliphatic carbocycles. The van der Waals surface area contributed by atoms with E-state index in [0.717, 1.165) is 49.1 Å². The van der Waals surface area contributed by atoms with E-state index >= 15 is 0 Å². The van der Waals surface area contributed by atoms with Crippen molar-refractivity contribution in [1.82, 2.24) is 25.0 Å². The topological polar surface area (TPSA) is 67.6 Å². The van der Waals surface area contributed by atoms with E-state index in [0.29, 0.717) is 6.61 Å². The van der Waals surface area contributed by atoms with E-state index in [1.807, 2.05) is 35.7 Å². The minimum atomic E-state index is 0. The Bertz CT molecular complexity index is 659. The van der Waals surface area contributed by atoms with Crippen molar-refractivity contribution in [2.45, 2.75) is 19.4 Å². The van der Waals surface area contributed by atoms with Gasteiger partial charge in [0.1, 0.15) is 6.10 Å². The average molecular weight is 476 g/mol. The SMILES string of the molecule is CCNC(=NCCc1nccs1)N1CCOC(c2cnn(C)c2)C1.I. The molecule has 2 aromatic heterocycles. The molecule has 1 unspecified atom stereocenters. The molecule has 0 bridgehead atoms. The van der Waals surface area contributed by atoms with Crippen molar-refractivity contribution in [1.29, 1.82) is 0 Å². The Labute approximate surface area is 169 Å². The lowest BCUT2D eigenvalue weighted by molar-refractivity contribution is -0.00803. The molecule has 1 aliphatic heterocycles. The normalized spacial score (nSPS) is 18.1. The third kappa shape index (κ3) is 5.65. The van der Waals surface area contributed by atoms with E-state index in [1.54, 1.807) is 11.3 Å². The summed E-state index contributed by atoms with van der Waals surface area (Å²) >= 11 is 1.68. The number of hydrogen-bond donors (Lipinski definition) is 1. The zero-order chi connectivity index (χ0) is 16.8. The zero-order valence-electron chi connectivity index (χ0n) is 14.6. The van der Waals surface area contributed by atoms with Crippen molar-refractivity contribution < 1.29 is 4.74 Å². The molecule has 7 nitrogen and oxygen atoms in total. The van der Waals surface area contributed by atoms with E-state index in [4.69, 9.17) is 9.73 Å². The van der Waals surface area contributed by atoms with Gasteiger partial charge in [-0.2, -0.15) is 5.10 Å². The monoisotopic (exact) mass is 476 g/mol. The number of aliphatic imine (C=N–C) groups is 1. The number of halogens is 1. The second-order valence-electron chi connectivity index (χ2n) is 5.66. The van der Waals surface area contributed by atoms with Crippen molar-refractivity contribution >= 4 is 41.3 Å². The van der Waals surface area contributed by atoms with Gasteiger partial charge in [0.15, 0.2) is 5.96 Å². The first kappa shape index (κ1) is 20.1. The summed E-state index contributed by atoms with van der Waals surface area (Å²) in [6.45, 7) is 6.01. The van der Waals surface area contributed by atoms with E-state index in [-0.39, 0.29) is 30.1 Å². The number of morpholine rings is 1. The van der Waals surface area contributed by atoms with Crippen molar-refractivity contribution in [3.05, 3.63) is 34.5 Å². The summed E-state index contributed by atoms with van der Waals surface area (Å²) in [4.78, 5) is 11.3. The van der Waals surface area contributed by atoms with Crippen LogP contribution < -0.4 is 5.32 Å². The van der Waals surface area contributed by atoms with Crippen molar-refractivity contribution in [3.8, 4) is 0 Å². The highest BCUT2D eigenvalue weighted by Gasteiger charge is 2.25. The van der Waals surface area contributed by atoms with Crippen LogP contribution in [0.4, 0.5) is 0 Å². The Hall–Kier alpha value is -1.20. The summed E-state index contributed by atoms with van der Waals surface area (Å²) in [6.07, 6.45) is 6.65. The van der Waals surface area contributed by atoms with Crippen molar-refractivity contribution in [2.75, 3.05) is 32.8 Å². The molecule has 1 N–H and O–H groups in total. The van der Waals surface area contributed by atoms with Crippen LogP contribution in [0.25, 0.3) is 0 Å². The molecule has 0 amide bonds. The van der Waals surface area contributed by atoms with E-state index in [2.05, 4.69) is 27.2 Å². The van der Waals surface area contributed by atoms with E-state index < -0.39 is 0 Å². The predicted molar refractivity (Wildman–Crippen MR) is 111 cm³/mol. The van der Waals surface area contributed by atoms with Crippen LogP contribution >= 0.6 is 35.3 Å². The van der Waals surface area contributed by atoms with Crippen LogP contribution in [0.3, 0.4) is 0 Å². The molecule has 1 saturated heterocycles. The average Bonchev–Trinajstić information content (AvgIpc) is 3.26. The molecular formula is C16H25IN6OS. The van der Waals surface area contributed by atoms with Gasteiger partial charge in [0.2, 0.25) is 0 Å². The summed E-state index contributed by atoms with van der Waals surface area (Å²) < 4.78 is 7.72. The summed E-state index contributed by atoms with van der Waals surface area (Å²) in [5.74, 6) is 0.950. The van der Waals surface area contributed by atoms with Gasteiger partial charge in [-0.15, -0.1) is 35.3 Å². The summed E-state index contributed by atoms with van der Waals surface area (Å²) in [5, 5.41) is 10.8. The Morgan fingerprint density at radius 2 is 2.40 bits per heavy atom. The van der Waals surface area contributed by atoms with Crippen LogP contribution in [-0.4, -0.2) is 58.4 Å². The van der Waals surface area contributed by atoms with E-state index in [9.17, 15) is 0 Å². The summed E-state index contributed by atoms with van der Waals surface area (Å²) in [5.41, 5.74) is 1.11. The second kappa shape index (κ2) is 10.1. The lowest BCUT2D eigenvalue weighted by Gasteiger charge is -2.34. The van der Waals surface area contributed by atoms with Crippen LogP contribution in [-0.2, 0) is 18.2 Å². The largest absolute Gasteiger partial charge is 0.370 e. The van der Waals surface area contributed by atoms with Crippen molar-refractivity contribution in [2.24, 2.45) is 12.0 Å². The van der Waals surface area contributed by atoms with Crippen LogP contribution in [0.2, 0.25) is 0 Å². The van der Waals surface area contributed by atoms with Gasteiger partial charge in [-0.3, -0.25) is 9.67 Å². The zero-order valence-corrected chi connectivity index (χ0v) is 17.7. The lowest BCUT2D eigenvalue weighted by Crippen LogP contribution is -2.48. The number of ether oxygens (including phenoxy) is 1. The molecule has 0 spiro atoms. The summed E-state index contributed by atoms with van der Waals surface area (Å²) in [7, 11) is 1.92. The maximum Gasteiger partial charge on any atom is 0.194 e. The molecule has 25 heavy (non-hydrogen) atoms. The Kier molecular flexibility index (Phi) is 8.10. The number of nitrogens with zero attached hydrogens (tertiary/aromatic N) is 5. The Morgan fingerprint density at radius 1 is 1.52 bits per heavy atom. The number of rotatable bonds is 5. The van der Waals surface area contributed by atoms with Gasteiger partial charge in [-0.25, -0.2) is 4.98 Å². The number of hydrogen-bond acceptors (Lipinski definition) is 5. The van der Waals surface area contributed by atoms with Crippen molar-refractivity contribution in [3.63, 3.8) is 0 Å². The number of aryl methyl sites for hydroxylation is 1. The van der Waals surface area contributed by atoms with Gasteiger partial charge in [-0.05, 0) is 6.92 Å². The number of guanidine groups is 1. The molecule has 9 heteroatoms. The van der Waals surface area contributed by atoms with Gasteiger partial charge in [-0.1, -0.05) is 0 Å². The summed E-state index contributed by atoms with van der Waals surface area (Å²) in [6, 6.07) is 0. The van der Waals surface area contributed by atoms with Gasteiger partial charge >= 0.3 is 0 Å². The molecule has 1 aliphatic rings. The quantitative estimate of drug-likeness (QED) is 0.407. The molecule has 138 valence electrons. The molecule has 0 aromatic carbocycles. The third-order valence-electron chi connectivity index (χ3n) is 3.87.